The molecule has 4 heteroatoms. The Balaban J connectivity index is 1.91. The maximum atomic E-state index is 12.6. The number of para-hydroxylation sites is 1. The van der Waals surface area contributed by atoms with Crippen molar-refractivity contribution in [2.24, 2.45) is 5.92 Å². The normalized spacial score (nSPS) is 27.7. The Kier molecular flexibility index (Phi) is 3.04. The second-order valence-corrected chi connectivity index (χ2v) is 5.34. The zero-order valence-electron chi connectivity index (χ0n) is 10.1. The van der Waals surface area contributed by atoms with Gasteiger partial charge in [-0.1, -0.05) is 31.0 Å². The highest BCUT2D eigenvalue weighted by Gasteiger charge is 2.40. The number of anilines is 1. The van der Waals surface area contributed by atoms with Crippen molar-refractivity contribution in [3.8, 4) is 0 Å². The predicted molar refractivity (Wildman–Crippen MR) is 75.4 cm³/mol. The molecule has 2 unspecified atom stereocenters. The molecule has 0 spiro atoms. The highest BCUT2D eigenvalue weighted by molar-refractivity contribution is 7.80. The van der Waals surface area contributed by atoms with Gasteiger partial charge in [0.15, 0.2) is 5.11 Å². The molecule has 94 valence electrons. The molecular formula is C14H16N2OS. The average molecular weight is 260 g/mol. The molecule has 1 heterocycles. The summed E-state index contributed by atoms with van der Waals surface area (Å²) in [6.07, 6.45) is 4.36. The topological polar surface area (TPSA) is 32.3 Å². The van der Waals surface area contributed by atoms with Crippen LogP contribution < -0.4 is 10.2 Å². The average Bonchev–Trinajstić information content (AvgIpc) is 2.40. The van der Waals surface area contributed by atoms with Gasteiger partial charge in [-0.25, -0.2) is 0 Å². The molecule has 3 nitrogen and oxygen atoms in total. The fourth-order valence-corrected chi connectivity index (χ4v) is 3.26. The van der Waals surface area contributed by atoms with Crippen molar-refractivity contribution in [1.82, 2.24) is 5.32 Å². The Morgan fingerprint density at radius 1 is 1.17 bits per heavy atom. The second kappa shape index (κ2) is 4.69. The van der Waals surface area contributed by atoms with Crippen molar-refractivity contribution in [3.63, 3.8) is 0 Å². The van der Waals surface area contributed by atoms with E-state index in [1.807, 2.05) is 30.3 Å². The van der Waals surface area contributed by atoms with Crippen molar-refractivity contribution in [2.45, 2.75) is 31.7 Å². The maximum absolute atomic E-state index is 12.6. The molecule has 1 aliphatic heterocycles. The first-order chi connectivity index (χ1) is 8.77. The number of nitrogens with one attached hydrogen (secondary N) is 1. The highest BCUT2D eigenvalue weighted by Crippen LogP contribution is 2.31. The number of carbonyl (C=O) groups excluding carboxylic acids is 1. The van der Waals surface area contributed by atoms with Gasteiger partial charge in [-0.15, -0.1) is 0 Å². The predicted octanol–water partition coefficient (Wildman–Crippen LogP) is 2.47. The molecule has 1 aromatic carbocycles. The molecule has 1 N–H and O–H groups in total. The summed E-state index contributed by atoms with van der Waals surface area (Å²) in [4.78, 5) is 14.2. The minimum atomic E-state index is 0.0886. The number of rotatable bonds is 1. The van der Waals surface area contributed by atoms with E-state index >= 15 is 0 Å². The van der Waals surface area contributed by atoms with Gasteiger partial charge in [-0.2, -0.15) is 0 Å². The van der Waals surface area contributed by atoms with E-state index in [1.54, 1.807) is 4.90 Å². The number of benzene rings is 1. The summed E-state index contributed by atoms with van der Waals surface area (Å²) in [5.74, 6) is 0.250. The lowest BCUT2D eigenvalue weighted by molar-refractivity contribution is -0.123. The smallest absolute Gasteiger partial charge is 0.238 e. The Hall–Kier alpha value is -1.42. The van der Waals surface area contributed by atoms with Crippen LogP contribution in [0.4, 0.5) is 5.69 Å². The van der Waals surface area contributed by atoms with Gasteiger partial charge in [0.2, 0.25) is 5.91 Å². The van der Waals surface area contributed by atoms with E-state index in [0.29, 0.717) is 5.11 Å². The number of thiocarbonyl (C=S) groups is 1. The van der Waals surface area contributed by atoms with Crippen molar-refractivity contribution < 1.29 is 4.79 Å². The summed E-state index contributed by atoms with van der Waals surface area (Å²) < 4.78 is 0. The summed E-state index contributed by atoms with van der Waals surface area (Å²) in [5.41, 5.74) is 0.865. The third-order valence-electron chi connectivity index (χ3n) is 3.83. The van der Waals surface area contributed by atoms with Gasteiger partial charge < -0.3 is 5.32 Å². The summed E-state index contributed by atoms with van der Waals surface area (Å²) in [7, 11) is 0. The number of amides is 1. The molecule has 3 rings (SSSR count). The molecule has 1 saturated carbocycles. The van der Waals surface area contributed by atoms with Crippen molar-refractivity contribution >= 4 is 28.9 Å². The van der Waals surface area contributed by atoms with E-state index in [2.05, 4.69) is 5.32 Å². The van der Waals surface area contributed by atoms with Crippen molar-refractivity contribution in [2.75, 3.05) is 4.90 Å². The van der Waals surface area contributed by atoms with Crippen LogP contribution in [0.5, 0.6) is 0 Å². The first-order valence-electron chi connectivity index (χ1n) is 6.47. The van der Waals surface area contributed by atoms with E-state index in [0.717, 1.165) is 24.9 Å². The minimum absolute atomic E-state index is 0.0886. The van der Waals surface area contributed by atoms with Crippen molar-refractivity contribution in [3.05, 3.63) is 30.3 Å². The van der Waals surface area contributed by atoms with Crippen molar-refractivity contribution in [1.29, 1.82) is 0 Å². The van der Waals surface area contributed by atoms with E-state index in [9.17, 15) is 4.79 Å². The maximum Gasteiger partial charge on any atom is 0.238 e. The monoisotopic (exact) mass is 260 g/mol. The lowest BCUT2D eigenvalue weighted by atomic mass is 9.82. The molecule has 1 amide bonds. The van der Waals surface area contributed by atoms with E-state index in [4.69, 9.17) is 12.2 Å². The number of fused-ring (bicyclic) bond motifs is 1. The molecule has 0 radical (unpaired) electrons. The third kappa shape index (κ3) is 1.90. The first kappa shape index (κ1) is 11.7. The SMILES string of the molecule is O=C1C2CCCCC2NC(=S)N1c1ccccc1. The second-order valence-electron chi connectivity index (χ2n) is 4.96. The lowest BCUT2D eigenvalue weighted by Crippen LogP contribution is -2.60. The van der Waals surface area contributed by atoms with Gasteiger partial charge in [0.25, 0.3) is 0 Å². The largest absolute Gasteiger partial charge is 0.358 e. The quantitative estimate of drug-likeness (QED) is 0.787. The van der Waals surface area contributed by atoms with Crippen LogP contribution in [0, 0.1) is 5.92 Å². The molecule has 0 aromatic heterocycles. The van der Waals surface area contributed by atoms with Gasteiger partial charge in [-0.05, 0) is 37.2 Å². The fraction of sp³-hybridized carbons (Fsp3) is 0.429. The summed E-state index contributed by atoms with van der Waals surface area (Å²) in [5, 5.41) is 3.88. The Bertz CT molecular complexity index is 474. The summed E-state index contributed by atoms with van der Waals surface area (Å²) in [6, 6.07) is 9.90. The zero-order valence-corrected chi connectivity index (χ0v) is 11.0. The Labute approximate surface area is 112 Å². The molecule has 0 bridgehead atoms. The van der Waals surface area contributed by atoms with Crippen LogP contribution in [-0.2, 0) is 4.79 Å². The van der Waals surface area contributed by atoms with Crippen LogP contribution in [0.3, 0.4) is 0 Å². The molecule has 18 heavy (non-hydrogen) atoms. The first-order valence-corrected chi connectivity index (χ1v) is 6.88. The Morgan fingerprint density at radius 2 is 1.89 bits per heavy atom. The lowest BCUT2D eigenvalue weighted by Gasteiger charge is -2.41. The number of hydrogen-bond acceptors (Lipinski definition) is 2. The third-order valence-corrected chi connectivity index (χ3v) is 4.13. The molecule has 2 aliphatic rings. The minimum Gasteiger partial charge on any atom is -0.358 e. The van der Waals surface area contributed by atoms with Crippen LogP contribution in [0.15, 0.2) is 30.3 Å². The van der Waals surface area contributed by atoms with Gasteiger partial charge >= 0.3 is 0 Å². The zero-order chi connectivity index (χ0) is 12.5. The number of carbonyl (C=O) groups is 1. The summed E-state index contributed by atoms with van der Waals surface area (Å²) >= 11 is 5.35. The molecule has 1 aromatic rings. The standard InChI is InChI=1S/C14H16N2OS/c17-13-11-8-4-5-9-12(11)15-14(18)16(13)10-6-2-1-3-7-10/h1-3,6-7,11-12H,4-5,8-9H2,(H,15,18). The molecule has 1 aliphatic carbocycles. The van der Waals surface area contributed by atoms with E-state index in [-0.39, 0.29) is 17.9 Å². The van der Waals surface area contributed by atoms with Crippen LogP contribution in [0.25, 0.3) is 0 Å². The fourth-order valence-electron chi connectivity index (χ4n) is 2.91. The molecule has 2 fully saturated rings. The Morgan fingerprint density at radius 3 is 2.67 bits per heavy atom. The molecular weight excluding hydrogens is 244 g/mol. The molecule has 1 saturated heterocycles. The van der Waals surface area contributed by atoms with E-state index < -0.39 is 0 Å². The van der Waals surface area contributed by atoms with Crippen LogP contribution >= 0.6 is 12.2 Å². The molecule has 2 atom stereocenters. The summed E-state index contributed by atoms with van der Waals surface area (Å²) in [6.45, 7) is 0. The van der Waals surface area contributed by atoms with E-state index in [1.165, 1.54) is 6.42 Å². The van der Waals surface area contributed by atoms with Gasteiger partial charge in [0.05, 0.1) is 11.6 Å². The van der Waals surface area contributed by atoms with Crippen LogP contribution in [0.1, 0.15) is 25.7 Å². The highest BCUT2D eigenvalue weighted by atomic mass is 32.1. The number of hydrogen-bond donors (Lipinski definition) is 1. The van der Waals surface area contributed by atoms with Gasteiger partial charge in [-0.3, -0.25) is 9.69 Å². The van der Waals surface area contributed by atoms with Gasteiger partial charge in [0, 0.05) is 6.04 Å². The van der Waals surface area contributed by atoms with Crippen LogP contribution in [-0.4, -0.2) is 17.1 Å². The van der Waals surface area contributed by atoms with Gasteiger partial charge in [0.1, 0.15) is 0 Å². The number of nitrogens with zero attached hydrogens (tertiary/aromatic N) is 1. The van der Waals surface area contributed by atoms with Crippen LogP contribution in [0.2, 0.25) is 0 Å².